The number of hydrogen-bond acceptors (Lipinski definition) is 9. The molecule has 3 N–H and O–H groups in total. The first kappa shape index (κ1) is 27.3. The van der Waals surface area contributed by atoms with E-state index in [1.54, 1.807) is 20.8 Å². The lowest BCUT2D eigenvalue weighted by Crippen LogP contribution is -2.65. The molecule has 11 nitrogen and oxygen atoms in total. The van der Waals surface area contributed by atoms with Crippen LogP contribution in [0.4, 0.5) is 4.79 Å². The van der Waals surface area contributed by atoms with Crippen LogP contribution in [-0.2, 0) is 28.5 Å². The number of ether oxygens (including phenoxy) is 4. The minimum absolute atomic E-state index is 0.207. The first-order valence-corrected chi connectivity index (χ1v) is 11.6. The molecule has 2 aliphatic heterocycles. The van der Waals surface area contributed by atoms with Gasteiger partial charge in [0.2, 0.25) is 0 Å². The van der Waals surface area contributed by atoms with Crippen LogP contribution in [0.1, 0.15) is 47.5 Å². The van der Waals surface area contributed by atoms with Crippen molar-refractivity contribution in [2.45, 2.75) is 77.4 Å². The minimum Gasteiger partial charge on any atom is -0.468 e. The van der Waals surface area contributed by atoms with Gasteiger partial charge in [0.1, 0.15) is 23.8 Å². The summed E-state index contributed by atoms with van der Waals surface area (Å²) in [6.07, 6.45) is -0.798. The van der Waals surface area contributed by atoms with E-state index < -0.39 is 47.9 Å². The fourth-order valence-corrected chi connectivity index (χ4v) is 3.66. The standard InChI is InChI=1S/C22H40N4O7/c1-14(2)13-32-18(16-12-23-9-11-31-16)17(24-21(29)33-22(3,4)5)19(27)26-10-7-8-15(25-26)20(28)30-6/h14-18,23,25H,7-13H2,1-6H3,(H,24,29)/t15-,16+,17-,18+/m0/s1. The SMILES string of the molecule is COC(=O)[C@@H]1CCCN(C(=O)[C@@H](NC(=O)OC(C)(C)C)[C@H](OCC(C)C)[C@H]2CNCCO2)N1. The van der Waals surface area contributed by atoms with Crippen molar-refractivity contribution in [1.82, 2.24) is 21.1 Å². The number of hydrogen-bond donors (Lipinski definition) is 3. The molecule has 2 heterocycles. The lowest BCUT2D eigenvalue weighted by molar-refractivity contribution is -0.156. The van der Waals surface area contributed by atoms with Gasteiger partial charge >= 0.3 is 12.1 Å². The summed E-state index contributed by atoms with van der Waals surface area (Å²) in [6, 6.07) is -1.73. The molecule has 0 unspecified atom stereocenters. The van der Waals surface area contributed by atoms with Gasteiger partial charge in [-0.2, -0.15) is 0 Å². The molecule has 0 radical (unpaired) electrons. The van der Waals surface area contributed by atoms with Crippen LogP contribution in [-0.4, -0.2) is 92.8 Å². The number of esters is 1. The van der Waals surface area contributed by atoms with Crippen LogP contribution < -0.4 is 16.1 Å². The number of hydrazine groups is 1. The smallest absolute Gasteiger partial charge is 0.408 e. The molecule has 2 saturated heterocycles. The topological polar surface area (TPSA) is 127 Å². The molecule has 2 aliphatic rings. The Bertz CT molecular complexity index is 662. The molecular formula is C22H40N4O7. The van der Waals surface area contributed by atoms with Crippen molar-refractivity contribution in [1.29, 1.82) is 0 Å². The van der Waals surface area contributed by atoms with Crippen molar-refractivity contribution in [2.24, 2.45) is 5.92 Å². The maximum atomic E-state index is 13.7. The fourth-order valence-electron chi connectivity index (χ4n) is 3.66. The van der Waals surface area contributed by atoms with Crippen molar-refractivity contribution >= 4 is 18.0 Å². The van der Waals surface area contributed by atoms with Crippen molar-refractivity contribution in [3.8, 4) is 0 Å². The number of morpholine rings is 1. The van der Waals surface area contributed by atoms with E-state index in [-0.39, 0.29) is 5.92 Å². The highest BCUT2D eigenvalue weighted by atomic mass is 16.6. The largest absolute Gasteiger partial charge is 0.468 e. The second-order valence-corrected chi connectivity index (χ2v) is 9.77. The Balaban J connectivity index is 2.29. The zero-order valence-corrected chi connectivity index (χ0v) is 20.6. The molecule has 11 heteroatoms. The summed E-state index contributed by atoms with van der Waals surface area (Å²) < 4.78 is 22.3. The van der Waals surface area contributed by atoms with Gasteiger partial charge < -0.3 is 29.6 Å². The lowest BCUT2D eigenvalue weighted by atomic mass is 10.0. The lowest BCUT2D eigenvalue weighted by Gasteiger charge is -2.40. The normalized spacial score (nSPS) is 23.5. The molecule has 0 saturated carbocycles. The average Bonchev–Trinajstić information content (AvgIpc) is 2.76. The van der Waals surface area contributed by atoms with E-state index in [9.17, 15) is 14.4 Å². The molecule has 0 aliphatic carbocycles. The summed E-state index contributed by atoms with van der Waals surface area (Å²) >= 11 is 0. The summed E-state index contributed by atoms with van der Waals surface area (Å²) in [5, 5.41) is 7.31. The summed E-state index contributed by atoms with van der Waals surface area (Å²) in [6.45, 7) is 11.6. The number of nitrogens with zero attached hydrogens (tertiary/aromatic N) is 1. The average molecular weight is 473 g/mol. The van der Waals surface area contributed by atoms with Crippen LogP contribution >= 0.6 is 0 Å². The van der Waals surface area contributed by atoms with E-state index in [0.29, 0.717) is 45.7 Å². The van der Waals surface area contributed by atoms with Crippen molar-refractivity contribution in [2.75, 3.05) is 40.0 Å². The highest BCUT2D eigenvalue weighted by molar-refractivity contribution is 5.87. The summed E-state index contributed by atoms with van der Waals surface area (Å²) in [5.41, 5.74) is 2.19. The van der Waals surface area contributed by atoms with Crippen LogP contribution in [0.3, 0.4) is 0 Å². The van der Waals surface area contributed by atoms with Gasteiger partial charge in [0.05, 0.1) is 19.8 Å². The zero-order chi connectivity index (χ0) is 24.6. The summed E-state index contributed by atoms with van der Waals surface area (Å²) in [5.74, 6) is -0.674. The third kappa shape index (κ3) is 8.73. The molecular weight excluding hydrogens is 432 g/mol. The van der Waals surface area contributed by atoms with Gasteiger partial charge in [0, 0.05) is 26.2 Å². The van der Waals surface area contributed by atoms with Gasteiger partial charge in [-0.15, -0.1) is 0 Å². The summed E-state index contributed by atoms with van der Waals surface area (Å²) in [7, 11) is 1.31. The van der Waals surface area contributed by atoms with Crippen LogP contribution in [0.25, 0.3) is 0 Å². The van der Waals surface area contributed by atoms with Crippen molar-refractivity contribution in [3.63, 3.8) is 0 Å². The van der Waals surface area contributed by atoms with E-state index in [0.717, 1.165) is 0 Å². The maximum Gasteiger partial charge on any atom is 0.408 e. The van der Waals surface area contributed by atoms with E-state index in [1.165, 1.54) is 12.1 Å². The number of rotatable bonds is 8. The molecule has 0 aromatic rings. The predicted molar refractivity (Wildman–Crippen MR) is 120 cm³/mol. The van der Waals surface area contributed by atoms with Gasteiger partial charge in [-0.05, 0) is 39.5 Å². The Morgan fingerprint density at radius 3 is 2.55 bits per heavy atom. The first-order valence-electron chi connectivity index (χ1n) is 11.6. The molecule has 0 bridgehead atoms. The van der Waals surface area contributed by atoms with E-state index >= 15 is 0 Å². The third-order valence-corrected chi connectivity index (χ3v) is 5.15. The molecule has 4 atom stereocenters. The van der Waals surface area contributed by atoms with E-state index in [1.807, 2.05) is 13.8 Å². The van der Waals surface area contributed by atoms with Crippen LogP contribution in [0, 0.1) is 5.92 Å². The van der Waals surface area contributed by atoms with Gasteiger partial charge in [0.15, 0.2) is 0 Å². The molecule has 0 spiro atoms. The monoisotopic (exact) mass is 472 g/mol. The highest BCUT2D eigenvalue weighted by Gasteiger charge is 2.42. The maximum absolute atomic E-state index is 13.7. The first-order chi connectivity index (χ1) is 15.5. The second-order valence-electron chi connectivity index (χ2n) is 9.77. The highest BCUT2D eigenvalue weighted by Crippen LogP contribution is 2.18. The third-order valence-electron chi connectivity index (χ3n) is 5.15. The molecule has 190 valence electrons. The Labute approximate surface area is 196 Å². The minimum atomic E-state index is -1.09. The van der Waals surface area contributed by atoms with Crippen molar-refractivity contribution < 1.29 is 33.3 Å². The van der Waals surface area contributed by atoms with Crippen molar-refractivity contribution in [3.05, 3.63) is 0 Å². The molecule has 2 rings (SSSR count). The zero-order valence-electron chi connectivity index (χ0n) is 20.6. The fraction of sp³-hybridized carbons (Fsp3) is 0.864. The van der Waals surface area contributed by atoms with Crippen LogP contribution in [0.15, 0.2) is 0 Å². The van der Waals surface area contributed by atoms with Crippen LogP contribution in [0.5, 0.6) is 0 Å². The number of carbonyl (C=O) groups excluding carboxylic acids is 3. The Kier molecular flexibility index (Phi) is 10.3. The quantitative estimate of drug-likeness (QED) is 0.435. The van der Waals surface area contributed by atoms with Crippen LogP contribution in [0.2, 0.25) is 0 Å². The molecule has 2 fully saturated rings. The van der Waals surface area contributed by atoms with Gasteiger partial charge in [0.25, 0.3) is 5.91 Å². The molecule has 2 amide bonds. The molecule has 33 heavy (non-hydrogen) atoms. The number of methoxy groups -OCH3 is 1. The number of carbonyl (C=O) groups is 3. The Morgan fingerprint density at radius 1 is 1.24 bits per heavy atom. The van der Waals surface area contributed by atoms with Gasteiger partial charge in [-0.1, -0.05) is 13.8 Å². The predicted octanol–water partition coefficient (Wildman–Crippen LogP) is 0.578. The van der Waals surface area contributed by atoms with Gasteiger partial charge in [-0.25, -0.2) is 10.2 Å². The van der Waals surface area contributed by atoms with E-state index in [2.05, 4.69) is 16.1 Å². The molecule has 0 aromatic heterocycles. The summed E-state index contributed by atoms with van der Waals surface area (Å²) in [4.78, 5) is 38.4. The second kappa shape index (κ2) is 12.5. The number of nitrogens with one attached hydrogen (secondary N) is 3. The molecule has 0 aromatic carbocycles. The number of alkyl carbamates (subject to hydrolysis) is 1. The Morgan fingerprint density at radius 2 is 1.97 bits per heavy atom. The van der Waals surface area contributed by atoms with Gasteiger partial charge in [-0.3, -0.25) is 14.6 Å². The number of amides is 2. The Hall–Kier alpha value is -1.95. The van der Waals surface area contributed by atoms with E-state index in [4.69, 9.17) is 18.9 Å².